The number of benzene rings is 8. The average Bonchev–Trinajstić information content (AvgIpc) is 4.01. The second-order valence-corrected chi connectivity index (χ2v) is 18.4. The topological polar surface area (TPSA) is 43.8 Å². The molecule has 0 bridgehead atoms. The molecule has 0 aliphatic rings. The van der Waals surface area contributed by atoms with E-state index in [0.29, 0.717) is 11.5 Å². The fraction of sp³-hybridized carbons (Fsp3) is 0.129. The van der Waals surface area contributed by atoms with Crippen molar-refractivity contribution >= 4 is 54.6 Å². The molecule has 0 aliphatic carbocycles. The van der Waals surface area contributed by atoms with Crippen LogP contribution in [0.15, 0.2) is 146 Å². The number of aryl methyl sites for hydroxylation is 8. The molecule has 0 spiro atoms. The molecule has 0 atom stereocenters. The van der Waals surface area contributed by atoms with Crippen LogP contribution in [0, 0.1) is 67.5 Å². The molecule has 5 nitrogen and oxygen atoms in total. The molecule has 0 saturated heterocycles. The third-order valence-corrected chi connectivity index (χ3v) is 14.1. The third kappa shape index (κ3) is 6.62. The molecule has 0 N–H and O–H groups in total. The molecule has 0 unspecified atom stereocenters. The summed E-state index contributed by atoms with van der Waals surface area (Å²) in [6, 6.07) is 51.3. The molecule has 0 fully saturated rings. The van der Waals surface area contributed by atoms with Gasteiger partial charge in [-0.25, -0.2) is 0 Å². The predicted octanol–water partition coefficient (Wildman–Crippen LogP) is 16.1. The van der Waals surface area contributed by atoms with Crippen LogP contribution in [-0.4, -0.2) is 18.8 Å². The summed E-state index contributed by atoms with van der Waals surface area (Å²) in [4.78, 5) is 9.96. The van der Waals surface area contributed by atoms with Crippen LogP contribution in [0.25, 0.3) is 99.2 Å². The number of fused-ring (bicyclic) bond motifs is 12. The number of pyridine rings is 2. The first-order valence-corrected chi connectivity index (χ1v) is 23.1. The Kier molecular flexibility index (Phi) is 10.5. The van der Waals surface area contributed by atoms with Crippen LogP contribution in [0.5, 0.6) is 11.5 Å². The van der Waals surface area contributed by atoms with Gasteiger partial charge in [0.2, 0.25) is 0 Å². The fourth-order valence-electron chi connectivity index (χ4n) is 11.2. The van der Waals surface area contributed by atoms with Gasteiger partial charge in [-0.2, -0.15) is 0 Å². The first-order valence-electron chi connectivity index (χ1n) is 23.1. The van der Waals surface area contributed by atoms with E-state index in [4.69, 9.17) is 14.7 Å². The monoisotopic (exact) mass is 1060 g/mol. The molecule has 0 aliphatic heterocycles. The first-order chi connectivity index (χ1) is 32.5. The number of rotatable bonds is 6. The minimum atomic E-state index is 0. The largest absolute Gasteiger partial charge is 2.00 e. The van der Waals surface area contributed by atoms with Crippen LogP contribution in [0.3, 0.4) is 0 Å². The Bertz CT molecular complexity index is 3980. The Hall–Kier alpha value is -7.33. The first kappa shape index (κ1) is 43.3. The van der Waals surface area contributed by atoms with Gasteiger partial charge in [-0.05, 0) is 150 Å². The zero-order valence-electron chi connectivity index (χ0n) is 39.4. The fourth-order valence-corrected chi connectivity index (χ4v) is 11.2. The number of nitrogens with zero attached hydrogens (tertiary/aromatic N) is 4. The van der Waals surface area contributed by atoms with E-state index in [-0.39, 0.29) is 21.1 Å². The van der Waals surface area contributed by atoms with Crippen LogP contribution >= 0.6 is 0 Å². The van der Waals surface area contributed by atoms with Crippen molar-refractivity contribution in [3.05, 3.63) is 203 Å². The van der Waals surface area contributed by atoms with Crippen LogP contribution in [0.4, 0.5) is 0 Å². The number of imidazole rings is 2. The van der Waals surface area contributed by atoms with Crippen molar-refractivity contribution in [2.24, 2.45) is 0 Å². The molecule has 0 saturated carbocycles. The minimum Gasteiger partial charge on any atom is -0.497 e. The summed E-state index contributed by atoms with van der Waals surface area (Å²) in [6.45, 7) is 17.7. The summed E-state index contributed by atoms with van der Waals surface area (Å²) in [5.74, 6) is 1.17. The molecule has 332 valence electrons. The Balaban J connectivity index is 0.00000507. The van der Waals surface area contributed by atoms with Gasteiger partial charge in [0.1, 0.15) is 0 Å². The van der Waals surface area contributed by atoms with Gasteiger partial charge in [-0.1, -0.05) is 137 Å². The summed E-state index contributed by atoms with van der Waals surface area (Å²) < 4.78 is 11.2. The smallest absolute Gasteiger partial charge is 0.497 e. The van der Waals surface area contributed by atoms with Gasteiger partial charge < -0.3 is 13.5 Å². The Labute approximate surface area is 411 Å². The molecule has 12 aromatic rings. The van der Waals surface area contributed by atoms with Crippen molar-refractivity contribution in [2.75, 3.05) is 0 Å². The Morgan fingerprint density at radius 3 is 1.34 bits per heavy atom. The summed E-state index contributed by atoms with van der Waals surface area (Å²) in [5.41, 5.74) is 23.7. The van der Waals surface area contributed by atoms with Gasteiger partial charge in [-0.15, -0.1) is 12.1 Å². The number of hydrogen-bond donors (Lipinski definition) is 0. The maximum absolute atomic E-state index is 6.76. The van der Waals surface area contributed by atoms with E-state index in [1.807, 2.05) is 24.5 Å². The number of hydrogen-bond acceptors (Lipinski definition) is 3. The molecule has 68 heavy (non-hydrogen) atoms. The van der Waals surface area contributed by atoms with E-state index in [2.05, 4.69) is 198 Å². The Morgan fingerprint density at radius 2 is 0.824 bits per heavy atom. The van der Waals surface area contributed by atoms with Crippen molar-refractivity contribution in [1.29, 1.82) is 0 Å². The normalized spacial score (nSPS) is 11.7. The SMILES string of the molecule is Cc1cccc(C)c1-c1cc(-c2c(C)cccc2C)c2c(c1)c1ccc(Oc3[c-]c4c(cc3)c3ccc(-c5c(C)cccc5C)c(-c5c(C)cccc5C)c3n3ccnc43)[c-]c1c1nccn12.[Pt+2]. The molecule has 4 heterocycles. The average molecular weight is 1060 g/mol. The van der Waals surface area contributed by atoms with E-state index in [1.165, 1.54) is 89.0 Å². The van der Waals surface area contributed by atoms with E-state index in [9.17, 15) is 0 Å². The molecular formula is C62H48N4OPt. The van der Waals surface area contributed by atoms with Crippen molar-refractivity contribution in [3.8, 4) is 56.0 Å². The molecule has 12 rings (SSSR count). The second kappa shape index (κ2) is 16.5. The summed E-state index contributed by atoms with van der Waals surface area (Å²) >= 11 is 0. The van der Waals surface area contributed by atoms with Crippen molar-refractivity contribution in [1.82, 2.24) is 18.8 Å². The third-order valence-electron chi connectivity index (χ3n) is 14.1. The van der Waals surface area contributed by atoms with Crippen molar-refractivity contribution in [3.63, 3.8) is 0 Å². The zero-order chi connectivity index (χ0) is 45.8. The van der Waals surface area contributed by atoms with Crippen molar-refractivity contribution < 1.29 is 25.8 Å². The standard InChI is InChI=1S/C62H48N4O.Pt/c1-35-13-9-14-36(2)54(35)43-31-50-47-24-22-45(34-52(47)61-63-27-29-65(61)59(50)53(32-43)56-39(5)17-11-18-40(56)6)67-44-21-23-46-48-25-26-49(55-37(3)15-10-16-38(55)4)58(57-41(7)19-12-20-42(57)8)60(48)66-30-28-64-62(66)51(46)33-44;/h9-32H,1-8H3;/q-2;+2. The molecule has 4 aromatic heterocycles. The van der Waals surface area contributed by atoms with E-state index in [0.717, 1.165) is 54.6 Å². The summed E-state index contributed by atoms with van der Waals surface area (Å²) in [5, 5.41) is 6.17. The minimum absolute atomic E-state index is 0. The molecule has 0 radical (unpaired) electrons. The molecule has 0 amide bonds. The zero-order valence-corrected chi connectivity index (χ0v) is 41.6. The van der Waals surface area contributed by atoms with Crippen LogP contribution < -0.4 is 4.74 Å². The number of aromatic nitrogens is 4. The van der Waals surface area contributed by atoms with E-state index < -0.39 is 0 Å². The Morgan fingerprint density at radius 1 is 0.397 bits per heavy atom. The van der Waals surface area contributed by atoms with E-state index >= 15 is 0 Å². The second-order valence-electron chi connectivity index (χ2n) is 18.4. The van der Waals surface area contributed by atoms with Crippen molar-refractivity contribution in [2.45, 2.75) is 55.4 Å². The van der Waals surface area contributed by atoms with Gasteiger partial charge >= 0.3 is 21.1 Å². The molecular weight excluding hydrogens is 1010 g/mol. The van der Waals surface area contributed by atoms with Gasteiger partial charge in [0.15, 0.2) is 0 Å². The summed E-state index contributed by atoms with van der Waals surface area (Å²) in [6.07, 6.45) is 7.93. The van der Waals surface area contributed by atoms with E-state index in [1.54, 1.807) is 0 Å². The van der Waals surface area contributed by atoms with Crippen LogP contribution in [-0.2, 0) is 21.1 Å². The van der Waals surface area contributed by atoms with Gasteiger partial charge in [0.05, 0.1) is 11.3 Å². The predicted molar refractivity (Wildman–Crippen MR) is 278 cm³/mol. The van der Waals surface area contributed by atoms with Crippen LogP contribution in [0.1, 0.15) is 44.5 Å². The number of ether oxygens (including phenoxy) is 1. The quantitative estimate of drug-likeness (QED) is 0.123. The molecule has 6 heteroatoms. The maximum atomic E-state index is 6.76. The summed E-state index contributed by atoms with van der Waals surface area (Å²) in [7, 11) is 0. The molecule has 8 aromatic carbocycles. The van der Waals surface area contributed by atoms with Gasteiger partial charge in [0, 0.05) is 58.4 Å². The van der Waals surface area contributed by atoms with Gasteiger partial charge in [-0.3, -0.25) is 9.97 Å². The van der Waals surface area contributed by atoms with Crippen LogP contribution in [0.2, 0.25) is 0 Å². The van der Waals surface area contributed by atoms with Gasteiger partial charge in [0.25, 0.3) is 0 Å². The maximum Gasteiger partial charge on any atom is 2.00 e.